The Balaban J connectivity index is 1.90. The van der Waals surface area contributed by atoms with Crippen molar-refractivity contribution in [2.45, 2.75) is 23.4 Å². The monoisotopic (exact) mass is 324 g/mol. The summed E-state index contributed by atoms with van der Waals surface area (Å²) in [7, 11) is 0. The second kappa shape index (κ2) is 6.71. The Kier molecular flexibility index (Phi) is 4.48. The van der Waals surface area contributed by atoms with Crippen molar-refractivity contribution in [2.24, 2.45) is 0 Å². The summed E-state index contributed by atoms with van der Waals surface area (Å²) in [5, 5.41) is 0.554. The minimum absolute atomic E-state index is 0.268. The summed E-state index contributed by atoms with van der Waals surface area (Å²) >= 11 is 1.39. The van der Waals surface area contributed by atoms with Gasteiger partial charge in [0.05, 0.1) is 11.6 Å². The number of aromatic nitrogens is 2. The smallest absolute Gasteiger partial charge is 0.301 e. The lowest BCUT2D eigenvalue weighted by Gasteiger charge is -2.08. The van der Waals surface area contributed by atoms with E-state index in [2.05, 4.69) is 4.98 Å². The summed E-state index contributed by atoms with van der Waals surface area (Å²) < 4.78 is 1.21. The first-order valence-electron chi connectivity index (χ1n) is 7.25. The number of benzene rings is 2. The van der Waals surface area contributed by atoms with E-state index in [0.29, 0.717) is 5.03 Å². The van der Waals surface area contributed by atoms with Crippen molar-refractivity contribution < 1.29 is 0 Å². The van der Waals surface area contributed by atoms with Crippen LogP contribution < -0.4 is 11.2 Å². The number of hydrogen-bond donors (Lipinski definition) is 1. The molecule has 0 radical (unpaired) electrons. The van der Waals surface area contributed by atoms with E-state index in [9.17, 15) is 9.59 Å². The van der Waals surface area contributed by atoms with Crippen LogP contribution in [0.1, 0.15) is 11.1 Å². The zero-order valence-corrected chi connectivity index (χ0v) is 13.5. The maximum absolute atomic E-state index is 12.3. The van der Waals surface area contributed by atoms with Crippen molar-refractivity contribution in [1.29, 1.82) is 0 Å². The Morgan fingerprint density at radius 1 is 1.00 bits per heavy atom. The van der Waals surface area contributed by atoms with Crippen molar-refractivity contribution in [1.82, 2.24) is 9.55 Å². The molecule has 1 aromatic heterocycles. The van der Waals surface area contributed by atoms with Crippen molar-refractivity contribution in [3.63, 3.8) is 0 Å². The average molecular weight is 324 g/mol. The highest BCUT2D eigenvalue weighted by Gasteiger charge is 2.07. The van der Waals surface area contributed by atoms with Crippen molar-refractivity contribution in [3.8, 4) is 0 Å². The van der Waals surface area contributed by atoms with Gasteiger partial charge in [0.25, 0.3) is 5.56 Å². The second-order valence-electron chi connectivity index (χ2n) is 5.22. The Hall–Kier alpha value is -2.53. The molecule has 4 nitrogen and oxygen atoms in total. The number of hydrogen-bond acceptors (Lipinski definition) is 3. The van der Waals surface area contributed by atoms with E-state index >= 15 is 0 Å². The molecule has 0 aliphatic carbocycles. The third-order valence-electron chi connectivity index (χ3n) is 3.49. The largest absolute Gasteiger partial charge is 0.329 e. The predicted molar refractivity (Wildman–Crippen MR) is 92.2 cm³/mol. The van der Waals surface area contributed by atoms with E-state index in [-0.39, 0.29) is 12.1 Å². The molecule has 0 unspecified atom stereocenters. The number of H-pyrrole nitrogens is 1. The van der Waals surface area contributed by atoms with Crippen LogP contribution in [0.3, 0.4) is 0 Å². The molecule has 0 aliphatic rings. The molecule has 0 saturated heterocycles. The molecule has 116 valence electrons. The Morgan fingerprint density at radius 3 is 2.39 bits per heavy atom. The lowest BCUT2D eigenvalue weighted by atomic mass is 10.2. The van der Waals surface area contributed by atoms with Crippen LogP contribution in [0.15, 0.2) is 80.2 Å². The average Bonchev–Trinajstić information content (AvgIpc) is 2.54. The maximum atomic E-state index is 12.3. The summed E-state index contributed by atoms with van der Waals surface area (Å²) in [5.41, 5.74) is 1.33. The number of aryl methyl sites for hydroxylation is 1. The molecule has 0 fully saturated rings. The van der Waals surface area contributed by atoms with Gasteiger partial charge in [0.1, 0.15) is 0 Å². The highest BCUT2D eigenvalue weighted by Crippen LogP contribution is 2.27. The molecular weight excluding hydrogens is 308 g/mol. The molecule has 0 aliphatic heterocycles. The number of rotatable bonds is 4. The zero-order valence-electron chi connectivity index (χ0n) is 12.7. The fourth-order valence-corrected chi connectivity index (χ4v) is 3.17. The quantitative estimate of drug-likeness (QED) is 0.751. The molecule has 1 N–H and O–H groups in total. The van der Waals surface area contributed by atoms with Gasteiger partial charge in [-0.3, -0.25) is 9.36 Å². The van der Waals surface area contributed by atoms with Gasteiger partial charge in [-0.1, -0.05) is 60.3 Å². The fraction of sp³-hybridized carbons (Fsp3) is 0.111. The van der Waals surface area contributed by atoms with Crippen LogP contribution in [0, 0.1) is 6.92 Å². The molecule has 5 heteroatoms. The van der Waals surface area contributed by atoms with Crippen LogP contribution in [0.25, 0.3) is 0 Å². The van der Waals surface area contributed by atoms with Crippen LogP contribution in [0.5, 0.6) is 0 Å². The third kappa shape index (κ3) is 3.63. The first-order chi connectivity index (χ1) is 11.1. The first kappa shape index (κ1) is 15.4. The van der Waals surface area contributed by atoms with Crippen LogP contribution in [-0.4, -0.2) is 9.55 Å². The van der Waals surface area contributed by atoms with E-state index in [4.69, 9.17) is 0 Å². The molecular formula is C18H16N2O2S. The van der Waals surface area contributed by atoms with Crippen LogP contribution >= 0.6 is 11.8 Å². The molecule has 0 amide bonds. The normalized spacial score (nSPS) is 10.7. The lowest BCUT2D eigenvalue weighted by Crippen LogP contribution is -2.35. The topological polar surface area (TPSA) is 54.9 Å². The minimum atomic E-state index is -0.391. The molecule has 0 atom stereocenters. The van der Waals surface area contributed by atoms with Crippen molar-refractivity contribution in [2.75, 3.05) is 0 Å². The van der Waals surface area contributed by atoms with Gasteiger partial charge in [0.15, 0.2) is 0 Å². The number of aromatic amines is 1. The second-order valence-corrected chi connectivity index (χ2v) is 6.30. The number of nitrogens with zero attached hydrogens (tertiary/aromatic N) is 1. The Labute approximate surface area is 137 Å². The van der Waals surface area contributed by atoms with Gasteiger partial charge in [-0.25, -0.2) is 4.79 Å². The van der Waals surface area contributed by atoms with E-state index in [1.807, 2.05) is 61.5 Å². The summed E-state index contributed by atoms with van der Waals surface area (Å²) in [6.45, 7) is 2.27. The molecule has 23 heavy (non-hydrogen) atoms. The predicted octanol–water partition coefficient (Wildman–Crippen LogP) is 3.04. The molecule has 1 heterocycles. The van der Waals surface area contributed by atoms with Gasteiger partial charge < -0.3 is 4.98 Å². The van der Waals surface area contributed by atoms with E-state index < -0.39 is 5.69 Å². The van der Waals surface area contributed by atoms with Gasteiger partial charge in [-0.2, -0.15) is 0 Å². The standard InChI is InChI=1S/C18H16N2O2S/c1-13-7-5-6-10-15(13)23-16-11-17(21)20(18(22)19-16)12-14-8-3-2-4-9-14/h2-11H,12H2,1H3,(H,19,22). The highest BCUT2D eigenvalue weighted by atomic mass is 32.2. The molecule has 0 spiro atoms. The molecule has 3 rings (SSSR count). The zero-order chi connectivity index (χ0) is 16.2. The molecule has 3 aromatic rings. The summed E-state index contributed by atoms with van der Waals surface area (Å²) in [4.78, 5) is 28.3. The Morgan fingerprint density at radius 2 is 1.70 bits per heavy atom. The summed E-state index contributed by atoms with van der Waals surface area (Å²) in [6, 6.07) is 18.8. The van der Waals surface area contributed by atoms with Crippen LogP contribution in [-0.2, 0) is 6.54 Å². The van der Waals surface area contributed by atoms with E-state index in [1.54, 1.807) is 0 Å². The van der Waals surface area contributed by atoms with Crippen LogP contribution in [0.2, 0.25) is 0 Å². The highest BCUT2D eigenvalue weighted by molar-refractivity contribution is 7.99. The van der Waals surface area contributed by atoms with Gasteiger partial charge in [-0.15, -0.1) is 0 Å². The van der Waals surface area contributed by atoms with Crippen LogP contribution in [0.4, 0.5) is 0 Å². The minimum Gasteiger partial charge on any atom is -0.301 e. The number of nitrogens with one attached hydrogen (secondary N) is 1. The van der Waals surface area contributed by atoms with Gasteiger partial charge in [-0.05, 0) is 24.1 Å². The van der Waals surface area contributed by atoms with E-state index in [0.717, 1.165) is 16.0 Å². The molecule has 0 bridgehead atoms. The summed E-state index contributed by atoms with van der Waals surface area (Å²) in [5.74, 6) is 0. The third-order valence-corrected chi connectivity index (χ3v) is 4.61. The maximum Gasteiger partial charge on any atom is 0.329 e. The molecule has 0 saturated carbocycles. The van der Waals surface area contributed by atoms with Gasteiger partial charge in [0, 0.05) is 11.0 Å². The lowest BCUT2D eigenvalue weighted by molar-refractivity contribution is 0.681. The van der Waals surface area contributed by atoms with Gasteiger partial charge >= 0.3 is 5.69 Å². The fourth-order valence-electron chi connectivity index (χ4n) is 2.26. The van der Waals surface area contributed by atoms with Crippen molar-refractivity contribution in [3.05, 3.63) is 92.6 Å². The SMILES string of the molecule is Cc1ccccc1Sc1cc(=O)n(Cc2ccccc2)c(=O)[nH]1. The van der Waals surface area contributed by atoms with E-state index in [1.165, 1.54) is 22.4 Å². The molecule has 2 aromatic carbocycles. The van der Waals surface area contributed by atoms with Crippen molar-refractivity contribution >= 4 is 11.8 Å². The summed E-state index contributed by atoms with van der Waals surface area (Å²) in [6.07, 6.45) is 0. The Bertz CT molecular complexity index is 898. The first-order valence-corrected chi connectivity index (χ1v) is 8.07. The van der Waals surface area contributed by atoms with Gasteiger partial charge in [0.2, 0.25) is 0 Å².